The molecule has 3 rings (SSSR count). The summed E-state index contributed by atoms with van der Waals surface area (Å²) < 4.78 is 34.4. The van der Waals surface area contributed by atoms with Crippen molar-refractivity contribution < 1.29 is 89.4 Å². The van der Waals surface area contributed by atoms with Crippen molar-refractivity contribution in [2.24, 2.45) is 0 Å². The van der Waals surface area contributed by atoms with Gasteiger partial charge in [-0.25, -0.2) is 0 Å². The zero-order chi connectivity index (χ0) is 74.6. The molecule has 608 valence electrons. The van der Waals surface area contributed by atoms with Crippen LogP contribution in [0.2, 0.25) is 0 Å². The van der Waals surface area contributed by atoms with E-state index in [1.165, 1.54) is 302 Å². The Morgan fingerprint density at radius 1 is 0.340 bits per heavy atom. The first-order valence-corrected chi connectivity index (χ1v) is 43.1. The van der Waals surface area contributed by atoms with Crippen LogP contribution in [0.15, 0.2) is 24.3 Å². The number of unbranched alkanes of at least 4 members (excludes halogenated alkanes) is 52. The van der Waals surface area contributed by atoms with E-state index in [2.05, 4.69) is 31.3 Å². The molecule has 12 N–H and O–H groups in total. The van der Waals surface area contributed by atoms with Gasteiger partial charge in [-0.05, 0) is 32.1 Å². The zero-order valence-corrected chi connectivity index (χ0v) is 65.3. The van der Waals surface area contributed by atoms with Crippen molar-refractivity contribution in [1.29, 1.82) is 0 Å². The Kier molecular flexibility index (Phi) is 60.3. The zero-order valence-electron chi connectivity index (χ0n) is 65.3. The van der Waals surface area contributed by atoms with E-state index in [1.807, 2.05) is 6.08 Å². The number of ether oxygens (including phenoxy) is 6. The number of aliphatic hydroxyl groups is 11. The van der Waals surface area contributed by atoms with Crippen molar-refractivity contribution in [3.05, 3.63) is 24.3 Å². The highest BCUT2D eigenvalue weighted by molar-refractivity contribution is 5.76. The molecule has 1 amide bonds. The number of allylic oxidation sites excluding steroid dienone is 3. The van der Waals surface area contributed by atoms with Crippen molar-refractivity contribution >= 4 is 5.91 Å². The quantitative estimate of drug-likeness (QED) is 0.0199. The number of carbonyl (C=O) groups excluding carboxylic acids is 1. The monoisotopic (exact) mass is 1470 g/mol. The van der Waals surface area contributed by atoms with Crippen molar-refractivity contribution in [3.63, 3.8) is 0 Å². The number of nitrogens with one attached hydrogen (secondary N) is 1. The van der Waals surface area contributed by atoms with Gasteiger partial charge in [-0.15, -0.1) is 0 Å². The number of carbonyl (C=O) groups is 1. The molecule has 103 heavy (non-hydrogen) atoms. The maximum absolute atomic E-state index is 13.5. The third-order valence-corrected chi connectivity index (χ3v) is 21.8. The molecule has 19 heteroatoms. The van der Waals surface area contributed by atoms with Gasteiger partial charge in [0.25, 0.3) is 0 Å². The summed E-state index contributed by atoms with van der Waals surface area (Å²) >= 11 is 0. The van der Waals surface area contributed by atoms with Crippen LogP contribution >= 0.6 is 0 Å². The Labute approximate surface area is 626 Å². The third-order valence-electron chi connectivity index (χ3n) is 21.8. The highest BCUT2D eigenvalue weighted by Crippen LogP contribution is 2.33. The van der Waals surface area contributed by atoms with Crippen LogP contribution in [-0.4, -0.2) is 193 Å². The largest absolute Gasteiger partial charge is 0.394 e. The molecule has 0 aliphatic carbocycles. The second-order valence-electron chi connectivity index (χ2n) is 31.0. The molecule has 0 spiro atoms. The van der Waals surface area contributed by atoms with Gasteiger partial charge in [0.1, 0.15) is 73.2 Å². The fourth-order valence-electron chi connectivity index (χ4n) is 14.9. The Morgan fingerprint density at radius 3 is 0.971 bits per heavy atom. The van der Waals surface area contributed by atoms with Crippen molar-refractivity contribution in [2.45, 2.75) is 478 Å². The summed E-state index contributed by atoms with van der Waals surface area (Å²) in [5.74, 6) is -0.277. The van der Waals surface area contributed by atoms with E-state index in [1.54, 1.807) is 6.08 Å². The van der Waals surface area contributed by atoms with E-state index in [-0.39, 0.29) is 18.9 Å². The molecule has 3 heterocycles. The van der Waals surface area contributed by atoms with Crippen LogP contribution in [0.5, 0.6) is 0 Å². The van der Waals surface area contributed by atoms with Gasteiger partial charge in [0.05, 0.1) is 38.6 Å². The standard InChI is InChI=1S/C84H159NO18/c1-3-5-7-9-11-13-15-17-19-21-23-24-25-26-27-28-29-30-31-32-33-34-35-36-37-38-39-40-41-42-44-46-48-50-52-54-56-58-60-62-72(90)85-67(68(89)61-59-57-55-53-51-49-47-45-43-22-20-18-16-14-12-10-8-6-4-2)66-98-82-78(96)75(93)80(70(64-87)100-82)103-84-79(97)76(94)81(71(65-88)101-84)102-83-77(95)74(92)73(91)69(63-86)99-83/h51,53,59,61,67-71,73-84,86-89,91-97H,3-50,52,54-58,60,62-66H2,1-2H3,(H,85,90)/b53-51+,61-59+. The molecule has 0 saturated carbocycles. The smallest absolute Gasteiger partial charge is 0.220 e. The molecule has 3 aliphatic rings. The van der Waals surface area contributed by atoms with Crippen molar-refractivity contribution in [3.8, 4) is 0 Å². The van der Waals surface area contributed by atoms with E-state index >= 15 is 0 Å². The minimum Gasteiger partial charge on any atom is -0.394 e. The first-order chi connectivity index (χ1) is 50.3. The number of amides is 1. The molecule has 0 aromatic heterocycles. The highest BCUT2D eigenvalue weighted by Gasteiger charge is 2.54. The molecule has 3 fully saturated rings. The van der Waals surface area contributed by atoms with Crippen LogP contribution in [-0.2, 0) is 33.2 Å². The average molecular weight is 1470 g/mol. The lowest BCUT2D eigenvalue weighted by molar-refractivity contribution is -0.379. The molecule has 0 aromatic carbocycles. The third kappa shape index (κ3) is 44.6. The van der Waals surface area contributed by atoms with Gasteiger partial charge in [-0.2, -0.15) is 0 Å². The minimum atomic E-state index is -1.98. The maximum Gasteiger partial charge on any atom is 0.220 e. The van der Waals surface area contributed by atoms with Crippen molar-refractivity contribution in [1.82, 2.24) is 5.32 Å². The first-order valence-electron chi connectivity index (χ1n) is 43.1. The summed E-state index contributed by atoms with van der Waals surface area (Å²) in [6.45, 7) is 1.78. The minimum absolute atomic E-state index is 0.241. The van der Waals surface area contributed by atoms with Gasteiger partial charge in [0.2, 0.25) is 5.91 Å². The number of hydrogen-bond donors (Lipinski definition) is 12. The summed E-state index contributed by atoms with van der Waals surface area (Å²) in [6.07, 6.45) is 53.5. The van der Waals surface area contributed by atoms with Gasteiger partial charge in [-0.3, -0.25) is 4.79 Å². The van der Waals surface area contributed by atoms with Crippen molar-refractivity contribution in [2.75, 3.05) is 26.4 Å². The number of hydrogen-bond acceptors (Lipinski definition) is 18. The van der Waals surface area contributed by atoms with Gasteiger partial charge in [-0.1, -0.05) is 359 Å². The highest BCUT2D eigenvalue weighted by atomic mass is 16.8. The lowest BCUT2D eigenvalue weighted by atomic mass is 9.96. The van der Waals surface area contributed by atoms with Crippen LogP contribution < -0.4 is 5.32 Å². The second kappa shape index (κ2) is 65.0. The molecule has 3 saturated heterocycles. The fraction of sp³-hybridized carbons (Fsp3) is 0.940. The predicted molar refractivity (Wildman–Crippen MR) is 411 cm³/mol. The SMILES string of the molecule is CCCCCCCCCCCCCCC/C=C/CC/C=C/C(O)C(COC1OC(CO)C(OC2OC(CO)C(OC3OC(CO)C(O)C(O)C3O)C(O)C2O)C(O)C1O)NC(=O)CCCCCCCCCCCCCCCCCCCCCCCCCCCCCCCCCCCCCCCCC. The predicted octanol–water partition coefficient (Wildman–Crippen LogP) is 15.3. The summed E-state index contributed by atoms with van der Waals surface area (Å²) in [5, 5.41) is 121. The van der Waals surface area contributed by atoms with Gasteiger partial charge < -0.3 is 89.9 Å². The number of aliphatic hydroxyl groups excluding tert-OH is 11. The van der Waals surface area contributed by atoms with Gasteiger partial charge in [0.15, 0.2) is 18.9 Å². The Morgan fingerprint density at radius 2 is 0.621 bits per heavy atom. The van der Waals surface area contributed by atoms with Gasteiger partial charge in [0, 0.05) is 6.42 Å². The molecule has 17 unspecified atom stereocenters. The van der Waals surface area contributed by atoms with E-state index < -0.39 is 124 Å². The van der Waals surface area contributed by atoms with Crippen LogP contribution in [0.1, 0.15) is 373 Å². The molecule has 19 nitrogen and oxygen atoms in total. The summed E-state index contributed by atoms with van der Waals surface area (Å²) in [5.41, 5.74) is 0. The topological polar surface area (TPSA) is 307 Å². The Balaban J connectivity index is 1.30. The Hall–Kier alpha value is -1.73. The van der Waals surface area contributed by atoms with E-state index in [4.69, 9.17) is 28.4 Å². The number of rotatable bonds is 70. The van der Waals surface area contributed by atoms with Gasteiger partial charge >= 0.3 is 0 Å². The first kappa shape index (κ1) is 95.5. The van der Waals surface area contributed by atoms with Crippen LogP contribution in [0, 0.1) is 0 Å². The molecule has 17 atom stereocenters. The molecule has 0 aromatic rings. The van der Waals surface area contributed by atoms with E-state index in [0.29, 0.717) is 12.8 Å². The summed E-state index contributed by atoms with van der Waals surface area (Å²) in [6, 6.07) is -0.988. The molecule has 0 radical (unpaired) electrons. The molecule has 0 bridgehead atoms. The van der Waals surface area contributed by atoms with E-state index in [9.17, 15) is 61.0 Å². The summed E-state index contributed by atoms with van der Waals surface area (Å²) in [4.78, 5) is 13.5. The second-order valence-corrected chi connectivity index (χ2v) is 31.0. The lowest BCUT2D eigenvalue weighted by Crippen LogP contribution is -2.66. The fourth-order valence-corrected chi connectivity index (χ4v) is 14.9. The normalized spacial score (nSPS) is 26.1. The van der Waals surface area contributed by atoms with Crippen LogP contribution in [0.25, 0.3) is 0 Å². The van der Waals surface area contributed by atoms with Crippen LogP contribution in [0.3, 0.4) is 0 Å². The summed E-state index contributed by atoms with van der Waals surface area (Å²) in [7, 11) is 0. The molecular weight excluding hydrogens is 1310 g/mol. The maximum atomic E-state index is 13.5. The van der Waals surface area contributed by atoms with E-state index in [0.717, 1.165) is 38.5 Å². The average Bonchev–Trinajstić information content (AvgIpc) is 0.780. The lowest BCUT2D eigenvalue weighted by Gasteiger charge is -2.48. The Bertz CT molecular complexity index is 1950. The molecule has 3 aliphatic heterocycles. The van der Waals surface area contributed by atoms with Crippen LogP contribution in [0.4, 0.5) is 0 Å². The molecular formula is C84H159NO18.